The number of hydrogen-bond acceptors (Lipinski definition) is 6. The van der Waals surface area contributed by atoms with Gasteiger partial charge in [-0.15, -0.1) is 10.2 Å². The third-order valence-corrected chi connectivity index (χ3v) is 1.30. The van der Waals surface area contributed by atoms with Crippen LogP contribution in [0, 0.1) is 6.92 Å². The lowest BCUT2D eigenvalue weighted by molar-refractivity contribution is 0.296. The van der Waals surface area contributed by atoms with Crippen LogP contribution < -0.4 is 16.4 Å². The molecule has 0 radical (unpaired) electrons. The standard InChI is InChI=1S/C6H11N5O2/c1-4-5(13)8-6(11-9-4)10-7-2-3-12/h7,12H,2-3H2,1H3,(H2,8,10,11,13). The van der Waals surface area contributed by atoms with Crippen LogP contribution in [0.3, 0.4) is 0 Å². The topological polar surface area (TPSA) is 103 Å². The van der Waals surface area contributed by atoms with Gasteiger partial charge in [-0.3, -0.25) is 15.2 Å². The minimum atomic E-state index is -0.289. The number of aryl methyl sites for hydroxylation is 1. The highest BCUT2D eigenvalue weighted by Gasteiger charge is 1.97. The highest BCUT2D eigenvalue weighted by atomic mass is 16.3. The van der Waals surface area contributed by atoms with E-state index in [1.165, 1.54) is 0 Å². The number of nitrogens with zero attached hydrogens (tertiary/aromatic N) is 2. The lowest BCUT2D eigenvalue weighted by Crippen LogP contribution is -2.28. The SMILES string of the molecule is Cc1nnc(NNCCO)[nH]c1=O. The van der Waals surface area contributed by atoms with Crippen LogP contribution in [0.5, 0.6) is 0 Å². The van der Waals surface area contributed by atoms with Crippen LogP contribution in [-0.4, -0.2) is 33.4 Å². The predicted molar refractivity (Wildman–Crippen MR) is 46.1 cm³/mol. The van der Waals surface area contributed by atoms with Gasteiger partial charge in [-0.25, -0.2) is 5.43 Å². The summed E-state index contributed by atoms with van der Waals surface area (Å²) in [6.07, 6.45) is 0. The van der Waals surface area contributed by atoms with E-state index in [4.69, 9.17) is 5.11 Å². The van der Waals surface area contributed by atoms with Gasteiger partial charge in [0.2, 0.25) is 5.95 Å². The molecule has 0 aliphatic carbocycles. The summed E-state index contributed by atoms with van der Waals surface area (Å²) in [7, 11) is 0. The van der Waals surface area contributed by atoms with Gasteiger partial charge in [-0.2, -0.15) is 0 Å². The van der Waals surface area contributed by atoms with Crippen molar-refractivity contribution in [3.8, 4) is 0 Å². The molecule has 0 aliphatic rings. The minimum absolute atomic E-state index is 0.00345. The van der Waals surface area contributed by atoms with Crippen molar-refractivity contribution in [1.82, 2.24) is 20.6 Å². The fraction of sp³-hybridized carbons (Fsp3) is 0.500. The Morgan fingerprint density at radius 1 is 1.54 bits per heavy atom. The second-order valence-electron chi connectivity index (χ2n) is 2.36. The Bertz CT molecular complexity index is 323. The number of nitrogens with one attached hydrogen (secondary N) is 3. The van der Waals surface area contributed by atoms with Crippen LogP contribution >= 0.6 is 0 Å². The molecule has 7 heteroatoms. The first-order chi connectivity index (χ1) is 6.24. The Labute approximate surface area is 74.2 Å². The van der Waals surface area contributed by atoms with Gasteiger partial charge < -0.3 is 5.11 Å². The Hall–Kier alpha value is -1.47. The highest BCUT2D eigenvalue weighted by Crippen LogP contribution is 1.86. The number of aromatic amines is 1. The molecule has 0 saturated carbocycles. The third kappa shape index (κ3) is 2.80. The van der Waals surface area contributed by atoms with Gasteiger partial charge in [0.25, 0.3) is 5.56 Å². The number of hydrogen-bond donors (Lipinski definition) is 4. The molecule has 0 amide bonds. The summed E-state index contributed by atoms with van der Waals surface area (Å²) < 4.78 is 0. The molecular formula is C6H11N5O2. The van der Waals surface area contributed by atoms with Gasteiger partial charge >= 0.3 is 0 Å². The Kier molecular flexibility index (Phi) is 3.35. The third-order valence-electron chi connectivity index (χ3n) is 1.30. The number of aliphatic hydroxyl groups excluding tert-OH is 1. The van der Waals surface area contributed by atoms with Crippen molar-refractivity contribution >= 4 is 5.95 Å². The van der Waals surface area contributed by atoms with E-state index in [-0.39, 0.29) is 18.1 Å². The van der Waals surface area contributed by atoms with Crippen molar-refractivity contribution in [3.63, 3.8) is 0 Å². The van der Waals surface area contributed by atoms with Crippen molar-refractivity contribution in [3.05, 3.63) is 16.0 Å². The molecule has 1 aromatic heterocycles. The molecule has 0 spiro atoms. The largest absolute Gasteiger partial charge is 0.395 e. The summed E-state index contributed by atoms with van der Waals surface area (Å²) in [5.41, 5.74) is 5.22. The van der Waals surface area contributed by atoms with Crippen LogP contribution in [0.4, 0.5) is 5.95 Å². The molecule has 0 aromatic carbocycles. The summed E-state index contributed by atoms with van der Waals surface area (Å²) in [4.78, 5) is 13.4. The quantitative estimate of drug-likeness (QED) is 0.332. The molecule has 1 heterocycles. The van der Waals surface area contributed by atoms with E-state index in [0.29, 0.717) is 12.2 Å². The van der Waals surface area contributed by atoms with E-state index < -0.39 is 0 Å². The Morgan fingerprint density at radius 3 is 2.92 bits per heavy atom. The monoisotopic (exact) mass is 185 g/mol. The van der Waals surface area contributed by atoms with Crippen LogP contribution in [0.15, 0.2) is 4.79 Å². The molecule has 0 aliphatic heterocycles. The van der Waals surface area contributed by atoms with Gasteiger partial charge in [0, 0.05) is 6.54 Å². The molecule has 0 atom stereocenters. The smallest absolute Gasteiger partial charge is 0.274 e. The van der Waals surface area contributed by atoms with E-state index in [1.807, 2.05) is 0 Å². The van der Waals surface area contributed by atoms with Crippen molar-refractivity contribution in [2.24, 2.45) is 0 Å². The predicted octanol–water partition coefficient (Wildman–Crippen LogP) is -1.62. The van der Waals surface area contributed by atoms with Crippen LogP contribution in [0.1, 0.15) is 5.69 Å². The number of H-pyrrole nitrogens is 1. The van der Waals surface area contributed by atoms with Crippen molar-refractivity contribution in [2.45, 2.75) is 6.92 Å². The summed E-state index contributed by atoms with van der Waals surface area (Å²) in [6.45, 7) is 1.92. The van der Waals surface area contributed by atoms with Gasteiger partial charge in [0.1, 0.15) is 5.69 Å². The number of rotatable bonds is 4. The molecule has 4 N–H and O–H groups in total. The summed E-state index contributed by atoms with van der Waals surface area (Å²) >= 11 is 0. The van der Waals surface area contributed by atoms with Crippen molar-refractivity contribution in [2.75, 3.05) is 18.6 Å². The second-order valence-corrected chi connectivity index (χ2v) is 2.36. The lowest BCUT2D eigenvalue weighted by Gasteiger charge is -2.03. The maximum atomic E-state index is 11.0. The lowest BCUT2D eigenvalue weighted by atomic mass is 10.5. The number of hydrazine groups is 1. The van der Waals surface area contributed by atoms with Crippen LogP contribution in [-0.2, 0) is 0 Å². The normalized spacial score (nSPS) is 10.0. The summed E-state index contributed by atoms with van der Waals surface area (Å²) in [6, 6.07) is 0. The zero-order valence-corrected chi connectivity index (χ0v) is 7.16. The molecule has 0 bridgehead atoms. The fourth-order valence-electron chi connectivity index (χ4n) is 0.652. The second kappa shape index (κ2) is 4.53. The van der Waals surface area contributed by atoms with E-state index in [9.17, 15) is 4.79 Å². The average Bonchev–Trinajstić information content (AvgIpc) is 2.12. The van der Waals surface area contributed by atoms with E-state index in [0.717, 1.165) is 0 Å². The van der Waals surface area contributed by atoms with Gasteiger partial charge in [0.05, 0.1) is 6.61 Å². The molecule has 0 saturated heterocycles. The molecule has 7 nitrogen and oxygen atoms in total. The minimum Gasteiger partial charge on any atom is -0.395 e. The number of aliphatic hydroxyl groups is 1. The zero-order valence-electron chi connectivity index (χ0n) is 7.16. The van der Waals surface area contributed by atoms with Gasteiger partial charge in [0.15, 0.2) is 0 Å². The fourth-order valence-corrected chi connectivity index (χ4v) is 0.652. The molecule has 0 unspecified atom stereocenters. The molecule has 1 aromatic rings. The first kappa shape index (κ1) is 9.62. The zero-order chi connectivity index (χ0) is 9.68. The van der Waals surface area contributed by atoms with Gasteiger partial charge in [-0.05, 0) is 6.92 Å². The molecule has 1 rings (SSSR count). The van der Waals surface area contributed by atoms with Crippen molar-refractivity contribution in [1.29, 1.82) is 0 Å². The molecule has 13 heavy (non-hydrogen) atoms. The first-order valence-corrected chi connectivity index (χ1v) is 3.77. The maximum Gasteiger partial charge on any atom is 0.274 e. The summed E-state index contributed by atoms with van der Waals surface area (Å²) in [5.74, 6) is 0.226. The highest BCUT2D eigenvalue weighted by molar-refractivity contribution is 5.18. The van der Waals surface area contributed by atoms with Gasteiger partial charge in [-0.1, -0.05) is 0 Å². The molecular weight excluding hydrogens is 174 g/mol. The van der Waals surface area contributed by atoms with Crippen molar-refractivity contribution < 1.29 is 5.11 Å². The van der Waals surface area contributed by atoms with E-state index >= 15 is 0 Å². The van der Waals surface area contributed by atoms with E-state index in [2.05, 4.69) is 26.0 Å². The van der Waals surface area contributed by atoms with Crippen LogP contribution in [0.2, 0.25) is 0 Å². The van der Waals surface area contributed by atoms with Crippen LogP contribution in [0.25, 0.3) is 0 Å². The van der Waals surface area contributed by atoms with E-state index in [1.54, 1.807) is 6.92 Å². The summed E-state index contributed by atoms with van der Waals surface area (Å²) in [5, 5.41) is 15.7. The Morgan fingerprint density at radius 2 is 2.31 bits per heavy atom. The Balaban J connectivity index is 2.58. The number of anilines is 1. The molecule has 0 fully saturated rings. The maximum absolute atomic E-state index is 11.0. The first-order valence-electron chi connectivity index (χ1n) is 3.77. The number of aromatic nitrogens is 3. The average molecular weight is 185 g/mol. The molecule has 72 valence electrons.